The van der Waals surface area contributed by atoms with Gasteiger partial charge in [0.25, 0.3) is 5.91 Å². The standard InChI is InChI=1S/C19H22N2O4S/c1-25-18-8-6-17(7-9-18)20-19(22)16-4-2-15(3-5-16)14-21-10-12-26(23,24)13-11-21/h2-9H,10-14H2,1H3,(H,20,22)/p+1. The SMILES string of the molecule is COc1ccc(NC(=O)c2ccc(C[NH+]3CCS(=O)(=O)CC3)cc2)cc1. The van der Waals surface area contributed by atoms with E-state index in [1.54, 1.807) is 43.5 Å². The van der Waals surface area contributed by atoms with Gasteiger partial charge >= 0.3 is 0 Å². The van der Waals surface area contributed by atoms with Crippen molar-refractivity contribution >= 4 is 21.4 Å². The molecule has 0 radical (unpaired) electrons. The Morgan fingerprint density at radius 1 is 1.04 bits per heavy atom. The van der Waals surface area contributed by atoms with Crippen molar-refractivity contribution < 1.29 is 22.8 Å². The highest BCUT2D eigenvalue weighted by Gasteiger charge is 2.24. The predicted octanol–water partition coefficient (Wildman–Crippen LogP) is 0.761. The number of nitrogens with one attached hydrogen (secondary N) is 2. The number of carbonyl (C=O) groups is 1. The molecule has 2 aromatic carbocycles. The zero-order valence-electron chi connectivity index (χ0n) is 14.7. The van der Waals surface area contributed by atoms with Crippen LogP contribution in [0, 0.1) is 0 Å². The number of rotatable bonds is 5. The van der Waals surface area contributed by atoms with E-state index in [2.05, 4.69) is 5.32 Å². The summed E-state index contributed by atoms with van der Waals surface area (Å²) in [4.78, 5) is 13.6. The number of sulfone groups is 1. The summed E-state index contributed by atoms with van der Waals surface area (Å²) in [6.45, 7) is 2.06. The Bertz CT molecular complexity index is 847. The van der Waals surface area contributed by atoms with Gasteiger partial charge in [-0.05, 0) is 36.4 Å². The Balaban J connectivity index is 1.57. The van der Waals surface area contributed by atoms with Crippen molar-refractivity contribution in [3.8, 4) is 5.75 Å². The number of ether oxygens (including phenoxy) is 1. The highest BCUT2D eigenvalue weighted by atomic mass is 32.2. The molecule has 0 spiro atoms. The Hall–Kier alpha value is -2.38. The number of methoxy groups -OCH3 is 1. The number of hydrogen-bond donors (Lipinski definition) is 2. The van der Waals surface area contributed by atoms with E-state index in [1.807, 2.05) is 12.1 Å². The van der Waals surface area contributed by atoms with Gasteiger partial charge in [0.2, 0.25) is 0 Å². The molecule has 3 rings (SSSR count). The smallest absolute Gasteiger partial charge is 0.255 e. The highest BCUT2D eigenvalue weighted by molar-refractivity contribution is 7.91. The molecule has 1 saturated heterocycles. The molecule has 0 aromatic heterocycles. The van der Waals surface area contributed by atoms with Gasteiger partial charge in [-0.1, -0.05) is 12.1 Å². The molecule has 0 bridgehead atoms. The van der Waals surface area contributed by atoms with E-state index in [0.717, 1.165) is 17.9 Å². The van der Waals surface area contributed by atoms with Crippen LogP contribution in [-0.4, -0.2) is 46.0 Å². The van der Waals surface area contributed by atoms with E-state index in [4.69, 9.17) is 4.74 Å². The van der Waals surface area contributed by atoms with Crippen molar-refractivity contribution in [3.05, 3.63) is 59.7 Å². The van der Waals surface area contributed by atoms with Crippen LogP contribution in [0.1, 0.15) is 15.9 Å². The second-order valence-corrected chi connectivity index (χ2v) is 8.76. The minimum atomic E-state index is -2.84. The van der Waals surface area contributed by atoms with Crippen LogP contribution in [0.4, 0.5) is 5.69 Å². The third-order valence-corrected chi connectivity index (χ3v) is 6.20. The number of benzene rings is 2. The van der Waals surface area contributed by atoms with E-state index < -0.39 is 9.84 Å². The van der Waals surface area contributed by atoms with Crippen LogP contribution in [0.2, 0.25) is 0 Å². The average Bonchev–Trinajstić information content (AvgIpc) is 2.65. The lowest BCUT2D eigenvalue weighted by molar-refractivity contribution is -0.910. The first-order valence-corrected chi connectivity index (χ1v) is 10.4. The summed E-state index contributed by atoms with van der Waals surface area (Å²) >= 11 is 0. The normalized spacial score (nSPS) is 16.8. The number of carbonyl (C=O) groups excluding carboxylic acids is 1. The summed E-state index contributed by atoms with van der Waals surface area (Å²) in [5, 5.41) is 2.85. The summed E-state index contributed by atoms with van der Waals surface area (Å²) in [7, 11) is -1.24. The summed E-state index contributed by atoms with van der Waals surface area (Å²) in [6, 6.07) is 14.6. The molecule has 26 heavy (non-hydrogen) atoms. The molecule has 138 valence electrons. The fourth-order valence-electron chi connectivity index (χ4n) is 2.94. The molecule has 0 atom stereocenters. The van der Waals surface area contributed by atoms with Gasteiger partial charge in [0, 0.05) is 16.8 Å². The van der Waals surface area contributed by atoms with Crippen LogP contribution >= 0.6 is 0 Å². The number of anilines is 1. The predicted molar refractivity (Wildman–Crippen MR) is 100 cm³/mol. The van der Waals surface area contributed by atoms with E-state index in [9.17, 15) is 13.2 Å². The topological polar surface area (TPSA) is 76.9 Å². The molecule has 1 heterocycles. The van der Waals surface area contributed by atoms with Crippen molar-refractivity contribution in [2.24, 2.45) is 0 Å². The largest absolute Gasteiger partial charge is 0.497 e. The number of amides is 1. The monoisotopic (exact) mass is 375 g/mol. The van der Waals surface area contributed by atoms with Crippen molar-refractivity contribution in [1.82, 2.24) is 0 Å². The zero-order valence-corrected chi connectivity index (χ0v) is 15.5. The molecule has 1 amide bonds. The summed E-state index contributed by atoms with van der Waals surface area (Å²) in [5.41, 5.74) is 2.39. The van der Waals surface area contributed by atoms with Gasteiger partial charge < -0.3 is 15.0 Å². The lowest BCUT2D eigenvalue weighted by atomic mass is 10.1. The Kier molecular flexibility index (Phi) is 5.58. The molecule has 2 aromatic rings. The van der Waals surface area contributed by atoms with Crippen LogP contribution in [0.25, 0.3) is 0 Å². The van der Waals surface area contributed by atoms with Crippen LogP contribution in [0.15, 0.2) is 48.5 Å². The van der Waals surface area contributed by atoms with Gasteiger partial charge in [-0.25, -0.2) is 8.42 Å². The molecule has 0 aliphatic carbocycles. The maximum atomic E-state index is 12.3. The van der Waals surface area contributed by atoms with Gasteiger partial charge in [-0.2, -0.15) is 0 Å². The number of quaternary nitrogens is 1. The first-order chi connectivity index (χ1) is 12.4. The molecular formula is C19H23N2O4S+. The van der Waals surface area contributed by atoms with Crippen LogP contribution in [0.3, 0.4) is 0 Å². The van der Waals surface area contributed by atoms with Crippen molar-refractivity contribution in [3.63, 3.8) is 0 Å². The molecule has 2 N–H and O–H groups in total. The van der Waals surface area contributed by atoms with E-state index in [-0.39, 0.29) is 17.4 Å². The van der Waals surface area contributed by atoms with Crippen LogP contribution in [0.5, 0.6) is 5.75 Å². The van der Waals surface area contributed by atoms with Gasteiger partial charge in [0.05, 0.1) is 31.7 Å². The molecular weight excluding hydrogens is 352 g/mol. The van der Waals surface area contributed by atoms with Gasteiger partial charge in [0.1, 0.15) is 12.3 Å². The third kappa shape index (κ3) is 4.83. The van der Waals surface area contributed by atoms with Crippen LogP contribution in [-0.2, 0) is 16.4 Å². The maximum Gasteiger partial charge on any atom is 0.255 e. The Labute approximate surface area is 153 Å². The molecule has 6 nitrogen and oxygen atoms in total. The lowest BCUT2D eigenvalue weighted by Gasteiger charge is -2.23. The maximum absolute atomic E-state index is 12.3. The number of hydrogen-bond acceptors (Lipinski definition) is 4. The van der Waals surface area contributed by atoms with E-state index in [0.29, 0.717) is 24.3 Å². The van der Waals surface area contributed by atoms with Gasteiger partial charge in [-0.15, -0.1) is 0 Å². The van der Waals surface area contributed by atoms with Crippen molar-refractivity contribution in [2.75, 3.05) is 37.0 Å². The highest BCUT2D eigenvalue weighted by Crippen LogP contribution is 2.16. The molecule has 1 fully saturated rings. The zero-order chi connectivity index (χ0) is 18.6. The van der Waals surface area contributed by atoms with Gasteiger partial charge in [0.15, 0.2) is 9.84 Å². The lowest BCUT2D eigenvalue weighted by Crippen LogP contribution is -3.13. The average molecular weight is 375 g/mol. The first-order valence-electron chi connectivity index (χ1n) is 8.53. The molecule has 7 heteroatoms. The summed E-state index contributed by atoms with van der Waals surface area (Å²) in [6.07, 6.45) is 0. The Morgan fingerprint density at radius 2 is 1.65 bits per heavy atom. The van der Waals surface area contributed by atoms with E-state index in [1.165, 1.54) is 4.90 Å². The third-order valence-electron chi connectivity index (χ3n) is 4.55. The second kappa shape index (κ2) is 7.88. The van der Waals surface area contributed by atoms with Gasteiger partial charge in [-0.3, -0.25) is 4.79 Å². The quantitative estimate of drug-likeness (QED) is 0.809. The summed E-state index contributed by atoms with van der Waals surface area (Å²) in [5.74, 6) is 1.08. The molecule has 0 unspecified atom stereocenters. The summed E-state index contributed by atoms with van der Waals surface area (Å²) < 4.78 is 28.1. The van der Waals surface area contributed by atoms with Crippen molar-refractivity contribution in [1.29, 1.82) is 0 Å². The van der Waals surface area contributed by atoms with Crippen LogP contribution < -0.4 is 15.0 Å². The Morgan fingerprint density at radius 3 is 2.23 bits per heavy atom. The minimum Gasteiger partial charge on any atom is -0.497 e. The van der Waals surface area contributed by atoms with Crippen molar-refractivity contribution in [2.45, 2.75) is 6.54 Å². The first kappa shape index (κ1) is 18.4. The molecule has 1 aliphatic rings. The second-order valence-electron chi connectivity index (χ2n) is 6.46. The van der Waals surface area contributed by atoms with E-state index >= 15 is 0 Å². The minimum absolute atomic E-state index is 0.168. The fourth-order valence-corrected chi connectivity index (χ4v) is 4.35. The fraction of sp³-hybridized carbons (Fsp3) is 0.316. The molecule has 0 saturated carbocycles. The molecule has 1 aliphatic heterocycles.